The maximum Gasteiger partial charge on any atom is 0.441 e. The first kappa shape index (κ1) is 14.2. The van der Waals surface area contributed by atoms with Crippen molar-refractivity contribution in [2.24, 2.45) is 0 Å². The molecule has 0 heterocycles. The lowest BCUT2D eigenvalue weighted by Crippen LogP contribution is -2.08. The Labute approximate surface area is 102 Å². The normalized spacial score (nSPS) is 13.5. The van der Waals surface area contributed by atoms with Crippen molar-refractivity contribution in [3.63, 3.8) is 0 Å². The standard InChI is InChI=1S/C11H13F3O2S/c1-8(15)9-4-2-3-5-10(9)16-6-7-17-11(12,13)14/h2-5,8,15H,6-7H2,1H3. The van der Waals surface area contributed by atoms with Gasteiger partial charge in [0.05, 0.1) is 12.7 Å². The van der Waals surface area contributed by atoms with E-state index in [2.05, 4.69) is 0 Å². The second kappa shape index (κ2) is 6.16. The van der Waals surface area contributed by atoms with Crippen LogP contribution in [-0.4, -0.2) is 23.0 Å². The molecule has 0 spiro atoms. The van der Waals surface area contributed by atoms with Gasteiger partial charge in [0.25, 0.3) is 0 Å². The van der Waals surface area contributed by atoms with E-state index in [1.54, 1.807) is 31.2 Å². The number of rotatable bonds is 5. The van der Waals surface area contributed by atoms with Gasteiger partial charge in [-0.3, -0.25) is 0 Å². The molecule has 1 N–H and O–H groups in total. The second-order valence-electron chi connectivity index (χ2n) is 3.36. The molecule has 1 rings (SSSR count). The lowest BCUT2D eigenvalue weighted by atomic mass is 10.1. The number of halogens is 3. The molecule has 0 aliphatic carbocycles. The predicted molar refractivity (Wildman–Crippen MR) is 61.1 cm³/mol. The number of thioether (sulfide) groups is 1. The molecular formula is C11H13F3O2S. The van der Waals surface area contributed by atoms with Crippen LogP contribution >= 0.6 is 11.8 Å². The summed E-state index contributed by atoms with van der Waals surface area (Å²) in [6.45, 7) is 1.53. The summed E-state index contributed by atoms with van der Waals surface area (Å²) in [5.41, 5.74) is -3.66. The summed E-state index contributed by atoms with van der Waals surface area (Å²) in [5, 5.41) is 9.43. The molecule has 0 aliphatic heterocycles. The molecule has 0 aliphatic rings. The van der Waals surface area contributed by atoms with Crippen LogP contribution in [0, 0.1) is 0 Å². The van der Waals surface area contributed by atoms with Crippen LogP contribution in [0.3, 0.4) is 0 Å². The van der Waals surface area contributed by atoms with Gasteiger partial charge in [0.1, 0.15) is 5.75 Å². The van der Waals surface area contributed by atoms with Crippen LogP contribution in [0.2, 0.25) is 0 Å². The van der Waals surface area contributed by atoms with Gasteiger partial charge in [0, 0.05) is 11.3 Å². The highest BCUT2D eigenvalue weighted by molar-refractivity contribution is 8.00. The number of alkyl halides is 3. The quantitative estimate of drug-likeness (QED) is 0.828. The molecule has 96 valence electrons. The van der Waals surface area contributed by atoms with Gasteiger partial charge < -0.3 is 9.84 Å². The van der Waals surface area contributed by atoms with Gasteiger partial charge in [-0.05, 0) is 24.8 Å². The molecule has 0 saturated carbocycles. The van der Waals surface area contributed by atoms with Crippen molar-refractivity contribution < 1.29 is 23.0 Å². The summed E-state index contributed by atoms with van der Waals surface area (Å²) in [6, 6.07) is 6.74. The molecule has 0 fully saturated rings. The summed E-state index contributed by atoms with van der Waals surface area (Å²) in [5.74, 6) is 0.253. The first-order chi connectivity index (χ1) is 7.90. The van der Waals surface area contributed by atoms with Gasteiger partial charge in [-0.25, -0.2) is 0 Å². The summed E-state index contributed by atoms with van der Waals surface area (Å²) < 4.78 is 40.8. The second-order valence-corrected chi connectivity index (χ2v) is 4.52. The van der Waals surface area contributed by atoms with Gasteiger partial charge in [0.15, 0.2) is 0 Å². The van der Waals surface area contributed by atoms with E-state index in [9.17, 15) is 18.3 Å². The molecule has 1 aromatic rings. The Balaban J connectivity index is 2.47. The third kappa shape index (κ3) is 5.32. The Hall–Kier alpha value is -0.880. The van der Waals surface area contributed by atoms with Crippen LogP contribution in [0.1, 0.15) is 18.6 Å². The van der Waals surface area contributed by atoms with Crippen LogP contribution in [-0.2, 0) is 0 Å². The van der Waals surface area contributed by atoms with E-state index in [-0.39, 0.29) is 24.1 Å². The number of ether oxygens (including phenoxy) is 1. The molecule has 0 amide bonds. The van der Waals surface area contributed by atoms with E-state index < -0.39 is 11.6 Å². The molecular weight excluding hydrogens is 253 g/mol. The first-order valence-electron chi connectivity index (χ1n) is 5.00. The van der Waals surface area contributed by atoms with Crippen LogP contribution in [0.15, 0.2) is 24.3 Å². The van der Waals surface area contributed by atoms with Crippen molar-refractivity contribution in [3.05, 3.63) is 29.8 Å². The summed E-state index contributed by atoms with van der Waals surface area (Å²) in [7, 11) is 0. The minimum Gasteiger partial charge on any atom is -0.492 e. The topological polar surface area (TPSA) is 29.5 Å². The summed E-state index contributed by atoms with van der Waals surface area (Å²) in [4.78, 5) is 0. The molecule has 1 atom stereocenters. The monoisotopic (exact) mass is 266 g/mol. The first-order valence-corrected chi connectivity index (χ1v) is 5.99. The molecule has 0 saturated heterocycles. The van der Waals surface area contributed by atoms with Crippen LogP contribution < -0.4 is 4.74 Å². The highest BCUT2D eigenvalue weighted by Gasteiger charge is 2.27. The zero-order valence-electron chi connectivity index (χ0n) is 9.20. The minimum absolute atomic E-state index is 0.0477. The van der Waals surface area contributed by atoms with E-state index in [0.717, 1.165) is 0 Å². The Morgan fingerprint density at radius 1 is 1.35 bits per heavy atom. The van der Waals surface area contributed by atoms with Crippen molar-refractivity contribution in [2.75, 3.05) is 12.4 Å². The van der Waals surface area contributed by atoms with Crippen molar-refractivity contribution in [1.29, 1.82) is 0 Å². The van der Waals surface area contributed by atoms with Gasteiger partial charge in [-0.15, -0.1) is 0 Å². The molecule has 1 unspecified atom stereocenters. The number of aliphatic hydroxyl groups excluding tert-OH is 1. The smallest absolute Gasteiger partial charge is 0.441 e. The molecule has 2 nitrogen and oxygen atoms in total. The lowest BCUT2D eigenvalue weighted by Gasteiger charge is -2.13. The highest BCUT2D eigenvalue weighted by atomic mass is 32.2. The predicted octanol–water partition coefficient (Wildman–Crippen LogP) is 3.37. The molecule has 0 bridgehead atoms. The SMILES string of the molecule is CC(O)c1ccccc1OCCSC(F)(F)F. The van der Waals surface area contributed by atoms with Crippen molar-refractivity contribution in [2.45, 2.75) is 18.5 Å². The average Bonchev–Trinajstić information content (AvgIpc) is 2.23. The van der Waals surface area contributed by atoms with Crippen LogP contribution in [0.4, 0.5) is 13.2 Å². The number of hydrogen-bond acceptors (Lipinski definition) is 3. The van der Waals surface area contributed by atoms with E-state index in [4.69, 9.17) is 4.74 Å². The maximum absolute atomic E-state index is 11.9. The van der Waals surface area contributed by atoms with E-state index in [1.165, 1.54) is 0 Å². The average molecular weight is 266 g/mol. The van der Waals surface area contributed by atoms with E-state index in [0.29, 0.717) is 11.3 Å². The van der Waals surface area contributed by atoms with Crippen LogP contribution in [0.5, 0.6) is 5.75 Å². The fraction of sp³-hybridized carbons (Fsp3) is 0.455. The zero-order chi connectivity index (χ0) is 12.9. The third-order valence-corrected chi connectivity index (χ3v) is 2.67. The van der Waals surface area contributed by atoms with Gasteiger partial charge >= 0.3 is 5.51 Å². The molecule has 0 radical (unpaired) electrons. The van der Waals surface area contributed by atoms with Crippen molar-refractivity contribution in [3.8, 4) is 5.75 Å². The number of para-hydroxylation sites is 1. The molecule has 17 heavy (non-hydrogen) atoms. The minimum atomic E-state index is -4.23. The van der Waals surface area contributed by atoms with Crippen molar-refractivity contribution >= 4 is 11.8 Å². The Bertz CT molecular complexity index is 353. The highest BCUT2D eigenvalue weighted by Crippen LogP contribution is 2.30. The maximum atomic E-state index is 11.9. The lowest BCUT2D eigenvalue weighted by molar-refractivity contribution is -0.0329. The number of aliphatic hydroxyl groups is 1. The van der Waals surface area contributed by atoms with Gasteiger partial charge in [0.2, 0.25) is 0 Å². The summed E-state index contributed by atoms with van der Waals surface area (Å²) >= 11 is -0.120. The molecule has 6 heteroatoms. The van der Waals surface area contributed by atoms with E-state index >= 15 is 0 Å². The largest absolute Gasteiger partial charge is 0.492 e. The Kier molecular flexibility index (Phi) is 5.14. The van der Waals surface area contributed by atoms with Crippen molar-refractivity contribution in [1.82, 2.24) is 0 Å². The van der Waals surface area contributed by atoms with Gasteiger partial charge in [-0.1, -0.05) is 18.2 Å². The van der Waals surface area contributed by atoms with Gasteiger partial charge in [-0.2, -0.15) is 13.2 Å². The zero-order valence-corrected chi connectivity index (χ0v) is 10.0. The number of benzene rings is 1. The van der Waals surface area contributed by atoms with Crippen LogP contribution in [0.25, 0.3) is 0 Å². The number of hydrogen-bond donors (Lipinski definition) is 1. The van der Waals surface area contributed by atoms with E-state index in [1.807, 2.05) is 0 Å². The third-order valence-electron chi connectivity index (χ3n) is 1.98. The summed E-state index contributed by atoms with van der Waals surface area (Å²) in [6.07, 6.45) is -0.707. The molecule has 1 aromatic carbocycles. The fourth-order valence-electron chi connectivity index (χ4n) is 1.27. The molecule has 0 aromatic heterocycles. The fourth-order valence-corrected chi connectivity index (χ4v) is 1.66. The Morgan fingerprint density at radius 3 is 2.59 bits per heavy atom. The Morgan fingerprint density at radius 2 is 2.00 bits per heavy atom.